The third kappa shape index (κ3) is 4.48. The van der Waals surface area contributed by atoms with Gasteiger partial charge in [0.2, 0.25) is 0 Å². The van der Waals surface area contributed by atoms with Gasteiger partial charge in [-0.15, -0.1) is 11.3 Å². The summed E-state index contributed by atoms with van der Waals surface area (Å²) in [4.78, 5) is 27.9. The molecule has 0 aliphatic carbocycles. The van der Waals surface area contributed by atoms with Crippen molar-refractivity contribution in [2.75, 3.05) is 0 Å². The first kappa shape index (κ1) is 21.9. The van der Waals surface area contributed by atoms with Crippen molar-refractivity contribution < 1.29 is 4.74 Å². The molecule has 0 saturated heterocycles. The SMILES string of the molecule is Cc1cc(COc2cc(C)n(-c3ccnc(-c4ccnc(C(C)C)n4)c3)c(=O)c2C)cs1. The first-order chi connectivity index (χ1) is 15.3. The highest BCUT2D eigenvalue weighted by molar-refractivity contribution is 7.10. The summed E-state index contributed by atoms with van der Waals surface area (Å²) in [5.41, 5.74) is 4.54. The molecule has 6 nitrogen and oxygen atoms in total. The molecule has 0 spiro atoms. The summed E-state index contributed by atoms with van der Waals surface area (Å²) in [6, 6.07) is 9.56. The Morgan fingerprint density at radius 2 is 1.81 bits per heavy atom. The Morgan fingerprint density at radius 1 is 1.03 bits per heavy atom. The second-order valence-corrected chi connectivity index (χ2v) is 9.24. The highest BCUT2D eigenvalue weighted by Gasteiger charge is 2.14. The Balaban J connectivity index is 1.68. The van der Waals surface area contributed by atoms with Gasteiger partial charge in [0.1, 0.15) is 18.2 Å². The minimum atomic E-state index is -0.107. The molecule has 0 atom stereocenters. The molecule has 4 rings (SSSR count). The van der Waals surface area contributed by atoms with E-state index >= 15 is 0 Å². The quantitative estimate of drug-likeness (QED) is 0.398. The molecule has 4 aromatic heterocycles. The van der Waals surface area contributed by atoms with Gasteiger partial charge in [0.25, 0.3) is 5.56 Å². The number of pyridine rings is 2. The van der Waals surface area contributed by atoms with Gasteiger partial charge >= 0.3 is 0 Å². The fraction of sp³-hybridized carbons (Fsp3) is 0.280. The maximum atomic E-state index is 13.3. The van der Waals surface area contributed by atoms with Crippen LogP contribution in [-0.2, 0) is 6.61 Å². The van der Waals surface area contributed by atoms with Gasteiger partial charge in [0, 0.05) is 40.5 Å². The zero-order valence-electron chi connectivity index (χ0n) is 18.9. The van der Waals surface area contributed by atoms with Gasteiger partial charge in [0.05, 0.1) is 22.6 Å². The molecule has 0 bridgehead atoms. The van der Waals surface area contributed by atoms with Gasteiger partial charge in [0.15, 0.2) is 0 Å². The second kappa shape index (κ2) is 9.04. The standard InChI is InChI=1S/C25H26N4O2S/c1-15(2)24-27-9-7-21(28-24)22-12-20(6-8-26-22)29-16(3)10-23(18(5)25(29)30)31-13-19-11-17(4)32-14-19/h6-12,14-15H,13H2,1-5H3. The maximum Gasteiger partial charge on any atom is 0.261 e. The highest BCUT2D eigenvalue weighted by atomic mass is 32.1. The largest absolute Gasteiger partial charge is 0.488 e. The van der Waals surface area contributed by atoms with Gasteiger partial charge in [-0.05, 0) is 50.4 Å². The van der Waals surface area contributed by atoms with Crippen molar-refractivity contribution >= 4 is 11.3 Å². The van der Waals surface area contributed by atoms with Gasteiger partial charge < -0.3 is 4.74 Å². The molecule has 0 saturated carbocycles. The normalized spacial score (nSPS) is 11.2. The third-order valence-electron chi connectivity index (χ3n) is 5.22. The summed E-state index contributed by atoms with van der Waals surface area (Å²) < 4.78 is 7.67. The molecule has 0 fully saturated rings. The molecule has 164 valence electrons. The average Bonchev–Trinajstić information content (AvgIpc) is 3.20. The van der Waals surface area contributed by atoms with E-state index in [1.165, 1.54) is 4.88 Å². The van der Waals surface area contributed by atoms with Crippen LogP contribution < -0.4 is 10.3 Å². The minimum Gasteiger partial charge on any atom is -0.488 e. The van der Waals surface area contributed by atoms with Crippen LogP contribution in [0, 0.1) is 20.8 Å². The van der Waals surface area contributed by atoms with E-state index in [2.05, 4.69) is 47.2 Å². The number of hydrogen-bond acceptors (Lipinski definition) is 6. The topological polar surface area (TPSA) is 69.9 Å². The van der Waals surface area contributed by atoms with Crippen LogP contribution in [0.15, 0.2) is 52.9 Å². The van der Waals surface area contributed by atoms with E-state index in [9.17, 15) is 4.79 Å². The van der Waals surface area contributed by atoms with Crippen LogP contribution in [0.5, 0.6) is 5.75 Å². The lowest BCUT2D eigenvalue weighted by Crippen LogP contribution is -2.23. The van der Waals surface area contributed by atoms with E-state index in [4.69, 9.17) is 4.74 Å². The van der Waals surface area contributed by atoms with Crippen LogP contribution >= 0.6 is 11.3 Å². The molecule has 0 amide bonds. The van der Waals surface area contributed by atoms with Gasteiger partial charge in [-0.25, -0.2) is 9.97 Å². The number of aryl methyl sites for hydroxylation is 2. The molecule has 7 heteroatoms. The van der Waals surface area contributed by atoms with Crippen LogP contribution in [0.2, 0.25) is 0 Å². The smallest absolute Gasteiger partial charge is 0.261 e. The van der Waals surface area contributed by atoms with E-state index in [1.54, 1.807) is 35.2 Å². The lowest BCUT2D eigenvalue weighted by atomic mass is 10.1. The molecule has 0 aliphatic heterocycles. The van der Waals surface area contributed by atoms with Crippen molar-refractivity contribution in [2.45, 2.75) is 47.1 Å². The van der Waals surface area contributed by atoms with Crippen molar-refractivity contribution in [1.29, 1.82) is 0 Å². The molecule has 0 aromatic carbocycles. The predicted molar refractivity (Wildman–Crippen MR) is 128 cm³/mol. The van der Waals surface area contributed by atoms with Crippen molar-refractivity contribution in [3.63, 3.8) is 0 Å². The van der Waals surface area contributed by atoms with E-state index in [0.29, 0.717) is 23.6 Å². The van der Waals surface area contributed by atoms with E-state index in [-0.39, 0.29) is 11.5 Å². The number of rotatable bonds is 6. The molecule has 0 unspecified atom stereocenters. The second-order valence-electron chi connectivity index (χ2n) is 8.12. The molecule has 0 aliphatic rings. The summed E-state index contributed by atoms with van der Waals surface area (Å²) in [6.45, 7) is 10.3. The van der Waals surface area contributed by atoms with E-state index in [0.717, 1.165) is 28.5 Å². The average molecular weight is 447 g/mol. The number of thiophene rings is 1. The molecule has 4 heterocycles. The van der Waals surface area contributed by atoms with Crippen molar-refractivity contribution in [2.24, 2.45) is 0 Å². The third-order valence-corrected chi connectivity index (χ3v) is 6.13. The highest BCUT2D eigenvalue weighted by Crippen LogP contribution is 2.23. The van der Waals surface area contributed by atoms with Crippen molar-refractivity contribution in [3.8, 4) is 22.8 Å². The number of ether oxygens (including phenoxy) is 1. The first-order valence-corrected chi connectivity index (χ1v) is 11.4. The molecule has 0 radical (unpaired) electrons. The van der Waals surface area contributed by atoms with Crippen molar-refractivity contribution in [3.05, 3.63) is 86.0 Å². The van der Waals surface area contributed by atoms with Crippen LogP contribution in [0.1, 0.15) is 47.3 Å². The fourth-order valence-electron chi connectivity index (χ4n) is 3.49. The molecular weight excluding hydrogens is 420 g/mol. The Bertz CT molecular complexity index is 1320. The lowest BCUT2D eigenvalue weighted by Gasteiger charge is -2.15. The zero-order valence-corrected chi connectivity index (χ0v) is 19.7. The number of nitrogens with zero attached hydrogens (tertiary/aromatic N) is 4. The van der Waals surface area contributed by atoms with E-state index < -0.39 is 0 Å². The first-order valence-electron chi connectivity index (χ1n) is 10.5. The summed E-state index contributed by atoms with van der Waals surface area (Å²) >= 11 is 1.69. The summed E-state index contributed by atoms with van der Waals surface area (Å²) in [5.74, 6) is 1.59. The van der Waals surface area contributed by atoms with Gasteiger partial charge in [-0.3, -0.25) is 14.3 Å². The van der Waals surface area contributed by atoms with Crippen LogP contribution in [0.4, 0.5) is 0 Å². The Hall–Kier alpha value is -3.32. The summed E-state index contributed by atoms with van der Waals surface area (Å²) in [6.07, 6.45) is 3.45. The minimum absolute atomic E-state index is 0.107. The summed E-state index contributed by atoms with van der Waals surface area (Å²) in [5, 5.41) is 2.08. The van der Waals surface area contributed by atoms with Crippen LogP contribution in [0.3, 0.4) is 0 Å². The van der Waals surface area contributed by atoms with Crippen LogP contribution in [-0.4, -0.2) is 19.5 Å². The molecule has 0 N–H and O–H groups in total. The predicted octanol–water partition coefficient (Wildman–Crippen LogP) is 5.38. The molecule has 32 heavy (non-hydrogen) atoms. The van der Waals surface area contributed by atoms with Crippen LogP contribution in [0.25, 0.3) is 17.1 Å². The lowest BCUT2D eigenvalue weighted by molar-refractivity contribution is 0.303. The van der Waals surface area contributed by atoms with E-state index in [1.807, 2.05) is 31.2 Å². The molecular formula is C25H26N4O2S. The Labute approximate surface area is 191 Å². The van der Waals surface area contributed by atoms with Crippen molar-refractivity contribution in [1.82, 2.24) is 19.5 Å². The Morgan fingerprint density at radius 3 is 2.53 bits per heavy atom. The zero-order chi connectivity index (χ0) is 22.8. The number of aromatic nitrogens is 4. The monoisotopic (exact) mass is 446 g/mol. The van der Waals surface area contributed by atoms with Gasteiger partial charge in [-0.2, -0.15) is 0 Å². The number of hydrogen-bond donors (Lipinski definition) is 0. The molecule has 4 aromatic rings. The fourth-order valence-corrected chi connectivity index (χ4v) is 4.19. The maximum absolute atomic E-state index is 13.3. The van der Waals surface area contributed by atoms with Gasteiger partial charge in [-0.1, -0.05) is 13.8 Å². The summed E-state index contributed by atoms with van der Waals surface area (Å²) in [7, 11) is 0. The Kier molecular flexibility index (Phi) is 6.19.